The number of aromatic nitrogens is 1. The average molecular weight is 273 g/mol. The van der Waals surface area contributed by atoms with Crippen LogP contribution in [-0.4, -0.2) is 17.0 Å². The molecule has 106 valence electrons. The number of rotatable bonds is 2. The second-order valence-electron chi connectivity index (χ2n) is 5.92. The van der Waals surface area contributed by atoms with E-state index in [2.05, 4.69) is 37.1 Å². The molecular weight excluding hydrogens is 254 g/mol. The molecule has 0 saturated heterocycles. The summed E-state index contributed by atoms with van der Waals surface area (Å²) >= 11 is 0. The molecule has 0 aliphatic heterocycles. The minimum absolute atomic E-state index is 0.0464. The molecular formula is C15H19N3O2. The van der Waals surface area contributed by atoms with E-state index < -0.39 is 0 Å². The predicted octanol–water partition coefficient (Wildman–Crippen LogP) is 3.79. The van der Waals surface area contributed by atoms with Crippen molar-refractivity contribution >= 4 is 22.4 Å². The Morgan fingerprint density at radius 1 is 1.30 bits per heavy atom. The van der Waals surface area contributed by atoms with E-state index >= 15 is 0 Å². The molecule has 0 aliphatic carbocycles. The Balaban J connectivity index is 2.81. The first-order chi connectivity index (χ1) is 9.25. The highest BCUT2D eigenvalue weighted by Crippen LogP contribution is 2.34. The van der Waals surface area contributed by atoms with Crippen molar-refractivity contribution in [3.05, 3.63) is 39.4 Å². The number of aryl methyl sites for hydroxylation is 1. The number of fused-ring (bicyclic) bond motifs is 1. The zero-order chi connectivity index (χ0) is 15.1. The van der Waals surface area contributed by atoms with Crippen LogP contribution in [-0.2, 0) is 5.41 Å². The first-order valence-corrected chi connectivity index (χ1v) is 6.52. The van der Waals surface area contributed by atoms with E-state index in [-0.39, 0.29) is 16.0 Å². The summed E-state index contributed by atoms with van der Waals surface area (Å²) in [5.41, 5.74) is 2.44. The van der Waals surface area contributed by atoms with Crippen LogP contribution in [0.3, 0.4) is 0 Å². The maximum absolute atomic E-state index is 11.0. The molecule has 5 heteroatoms. The summed E-state index contributed by atoms with van der Waals surface area (Å²) in [7, 11) is 1.82. The van der Waals surface area contributed by atoms with Crippen LogP contribution in [0.2, 0.25) is 0 Å². The maximum atomic E-state index is 11.0. The summed E-state index contributed by atoms with van der Waals surface area (Å²) in [5.74, 6) is 0.772. The molecule has 0 radical (unpaired) electrons. The van der Waals surface area contributed by atoms with Gasteiger partial charge in [0.1, 0.15) is 5.82 Å². The summed E-state index contributed by atoms with van der Waals surface area (Å²) in [6.45, 7) is 8.10. The van der Waals surface area contributed by atoms with E-state index in [1.807, 2.05) is 7.05 Å². The number of nitrogens with zero attached hydrogens (tertiary/aromatic N) is 2. The molecule has 20 heavy (non-hydrogen) atoms. The molecule has 1 heterocycles. The largest absolute Gasteiger partial charge is 0.373 e. The molecule has 0 fully saturated rings. The van der Waals surface area contributed by atoms with Crippen molar-refractivity contribution in [2.45, 2.75) is 33.1 Å². The topological polar surface area (TPSA) is 68.1 Å². The maximum Gasteiger partial charge on any atom is 0.274 e. The summed E-state index contributed by atoms with van der Waals surface area (Å²) in [4.78, 5) is 15.2. The van der Waals surface area contributed by atoms with E-state index in [4.69, 9.17) is 0 Å². The lowest BCUT2D eigenvalue weighted by molar-refractivity contribution is -0.385. The van der Waals surface area contributed by atoms with Gasteiger partial charge in [0.05, 0.1) is 16.0 Å². The Morgan fingerprint density at radius 2 is 1.95 bits per heavy atom. The van der Waals surface area contributed by atoms with Crippen LogP contribution in [0.25, 0.3) is 10.9 Å². The highest BCUT2D eigenvalue weighted by Gasteiger charge is 2.21. The zero-order valence-electron chi connectivity index (χ0n) is 12.4. The summed E-state index contributed by atoms with van der Waals surface area (Å²) in [5, 5.41) is 15.0. The standard InChI is InChI=1S/C15H19N3O2/c1-9-12(18(19)20)7-6-10-8-11(15(2,3)4)14(16-5)17-13(9)10/h6-8H,1-5H3,(H,16,17). The third kappa shape index (κ3) is 2.31. The van der Waals surface area contributed by atoms with Gasteiger partial charge in [0, 0.05) is 24.1 Å². The SMILES string of the molecule is CNc1nc2c(C)c([N+](=O)[O-])ccc2cc1C(C)(C)C. The number of hydrogen-bond acceptors (Lipinski definition) is 4. The zero-order valence-corrected chi connectivity index (χ0v) is 12.4. The first-order valence-electron chi connectivity index (χ1n) is 6.52. The van der Waals surface area contributed by atoms with Gasteiger partial charge in [0.2, 0.25) is 0 Å². The second-order valence-corrected chi connectivity index (χ2v) is 5.92. The molecule has 2 aromatic rings. The van der Waals surface area contributed by atoms with E-state index in [0.29, 0.717) is 11.1 Å². The van der Waals surface area contributed by atoms with Crippen molar-refractivity contribution in [3.8, 4) is 0 Å². The molecule has 0 aliphatic rings. The Morgan fingerprint density at radius 3 is 2.45 bits per heavy atom. The molecule has 0 spiro atoms. The van der Waals surface area contributed by atoms with Gasteiger partial charge in [-0.25, -0.2) is 4.98 Å². The summed E-state index contributed by atoms with van der Waals surface area (Å²) < 4.78 is 0. The molecule has 0 saturated carbocycles. The Bertz CT molecular complexity index is 688. The molecule has 1 N–H and O–H groups in total. The number of nitro benzene ring substituents is 1. The Kier molecular flexibility index (Phi) is 3.38. The van der Waals surface area contributed by atoms with Crippen LogP contribution in [0.5, 0.6) is 0 Å². The molecule has 0 atom stereocenters. The van der Waals surface area contributed by atoms with Gasteiger partial charge in [-0.1, -0.05) is 20.8 Å². The van der Waals surface area contributed by atoms with Crippen molar-refractivity contribution in [2.24, 2.45) is 0 Å². The number of hydrogen-bond donors (Lipinski definition) is 1. The molecule has 1 aromatic carbocycles. The third-order valence-electron chi connectivity index (χ3n) is 3.45. The predicted molar refractivity (Wildman–Crippen MR) is 81.4 cm³/mol. The monoisotopic (exact) mass is 273 g/mol. The van der Waals surface area contributed by atoms with Crippen LogP contribution in [0, 0.1) is 17.0 Å². The molecule has 0 amide bonds. The van der Waals surface area contributed by atoms with Crippen molar-refractivity contribution < 1.29 is 4.92 Å². The van der Waals surface area contributed by atoms with Crippen LogP contribution in [0.4, 0.5) is 11.5 Å². The first kappa shape index (κ1) is 14.2. The number of pyridine rings is 1. The van der Waals surface area contributed by atoms with E-state index in [9.17, 15) is 10.1 Å². The lowest BCUT2D eigenvalue weighted by Crippen LogP contribution is -2.15. The Hall–Kier alpha value is -2.17. The summed E-state index contributed by atoms with van der Waals surface area (Å²) in [6.07, 6.45) is 0. The number of benzene rings is 1. The lowest BCUT2D eigenvalue weighted by atomic mass is 9.86. The van der Waals surface area contributed by atoms with Gasteiger partial charge in [-0.2, -0.15) is 0 Å². The van der Waals surface area contributed by atoms with Gasteiger partial charge in [-0.15, -0.1) is 0 Å². The van der Waals surface area contributed by atoms with E-state index in [1.165, 1.54) is 0 Å². The normalized spacial score (nSPS) is 11.7. The average Bonchev–Trinajstić information content (AvgIpc) is 2.36. The quantitative estimate of drug-likeness (QED) is 0.667. The van der Waals surface area contributed by atoms with Crippen LogP contribution in [0.15, 0.2) is 18.2 Å². The third-order valence-corrected chi connectivity index (χ3v) is 3.45. The fourth-order valence-corrected chi connectivity index (χ4v) is 2.33. The van der Waals surface area contributed by atoms with Crippen molar-refractivity contribution in [3.63, 3.8) is 0 Å². The van der Waals surface area contributed by atoms with Gasteiger partial charge < -0.3 is 5.32 Å². The second kappa shape index (κ2) is 4.74. The highest BCUT2D eigenvalue weighted by atomic mass is 16.6. The molecule has 0 unspecified atom stereocenters. The van der Waals surface area contributed by atoms with Gasteiger partial charge in [0.25, 0.3) is 5.69 Å². The van der Waals surface area contributed by atoms with Crippen molar-refractivity contribution in [1.82, 2.24) is 4.98 Å². The van der Waals surface area contributed by atoms with Crippen LogP contribution in [0.1, 0.15) is 31.9 Å². The van der Waals surface area contributed by atoms with E-state index in [0.717, 1.165) is 16.8 Å². The minimum Gasteiger partial charge on any atom is -0.373 e. The number of nitrogens with one attached hydrogen (secondary N) is 1. The van der Waals surface area contributed by atoms with Gasteiger partial charge in [-0.3, -0.25) is 10.1 Å². The van der Waals surface area contributed by atoms with Gasteiger partial charge >= 0.3 is 0 Å². The fraction of sp³-hybridized carbons (Fsp3) is 0.400. The molecule has 0 bridgehead atoms. The van der Waals surface area contributed by atoms with Gasteiger partial charge in [-0.05, 0) is 24.5 Å². The van der Waals surface area contributed by atoms with Crippen molar-refractivity contribution in [2.75, 3.05) is 12.4 Å². The minimum atomic E-state index is -0.368. The smallest absolute Gasteiger partial charge is 0.274 e. The van der Waals surface area contributed by atoms with E-state index in [1.54, 1.807) is 19.1 Å². The fourth-order valence-electron chi connectivity index (χ4n) is 2.33. The molecule has 2 rings (SSSR count). The Labute approximate surface area is 118 Å². The van der Waals surface area contributed by atoms with Gasteiger partial charge in [0.15, 0.2) is 0 Å². The molecule has 5 nitrogen and oxygen atoms in total. The van der Waals surface area contributed by atoms with Crippen LogP contribution >= 0.6 is 0 Å². The highest BCUT2D eigenvalue weighted by molar-refractivity contribution is 5.87. The number of anilines is 1. The molecule has 1 aromatic heterocycles. The van der Waals surface area contributed by atoms with Crippen molar-refractivity contribution in [1.29, 1.82) is 0 Å². The van der Waals surface area contributed by atoms with Crippen LogP contribution < -0.4 is 5.32 Å². The lowest BCUT2D eigenvalue weighted by Gasteiger charge is -2.22. The number of nitro groups is 1. The summed E-state index contributed by atoms with van der Waals surface area (Å²) in [6, 6.07) is 5.37.